The lowest BCUT2D eigenvalue weighted by atomic mass is 10.2. The molecule has 0 aliphatic heterocycles. The van der Waals surface area contributed by atoms with Gasteiger partial charge in [0.15, 0.2) is 0 Å². The standard InChI is InChI=1S/C18H23F3O6/c19-18(20,21)27-13-11-24-10-12-25-16(22)8-4-5-9-17(23)26-14-15-6-2-1-3-7-15/h1-3,6-7H,4-5,8-14H2. The van der Waals surface area contributed by atoms with E-state index in [0.29, 0.717) is 12.8 Å². The van der Waals surface area contributed by atoms with Gasteiger partial charge in [0.05, 0.1) is 19.8 Å². The Morgan fingerprint density at radius 3 is 2.04 bits per heavy atom. The van der Waals surface area contributed by atoms with Gasteiger partial charge in [-0.2, -0.15) is 0 Å². The number of carbonyl (C=O) groups excluding carboxylic acids is 2. The number of hydrogen-bond acceptors (Lipinski definition) is 6. The van der Waals surface area contributed by atoms with Crippen LogP contribution in [0.25, 0.3) is 0 Å². The fraction of sp³-hybridized carbons (Fsp3) is 0.556. The van der Waals surface area contributed by atoms with Crippen molar-refractivity contribution >= 4 is 11.9 Å². The maximum Gasteiger partial charge on any atom is 0.522 e. The summed E-state index contributed by atoms with van der Waals surface area (Å²) in [6.07, 6.45) is -3.36. The van der Waals surface area contributed by atoms with Gasteiger partial charge in [-0.25, -0.2) is 0 Å². The molecule has 0 saturated heterocycles. The van der Waals surface area contributed by atoms with Crippen LogP contribution in [0, 0.1) is 0 Å². The summed E-state index contributed by atoms with van der Waals surface area (Å²) in [6.45, 7) is -0.710. The fourth-order valence-electron chi connectivity index (χ4n) is 1.95. The number of ether oxygens (including phenoxy) is 4. The van der Waals surface area contributed by atoms with Gasteiger partial charge in [-0.3, -0.25) is 14.3 Å². The summed E-state index contributed by atoms with van der Waals surface area (Å²) in [5.74, 6) is -0.788. The van der Waals surface area contributed by atoms with E-state index >= 15 is 0 Å². The Balaban J connectivity index is 1.92. The van der Waals surface area contributed by atoms with Crippen molar-refractivity contribution < 1.29 is 41.7 Å². The monoisotopic (exact) mass is 392 g/mol. The van der Waals surface area contributed by atoms with Gasteiger partial charge >= 0.3 is 18.3 Å². The van der Waals surface area contributed by atoms with E-state index in [4.69, 9.17) is 14.2 Å². The topological polar surface area (TPSA) is 71.1 Å². The number of unbranched alkanes of at least 4 members (excludes halogenated alkanes) is 1. The highest BCUT2D eigenvalue weighted by molar-refractivity contribution is 5.70. The van der Waals surface area contributed by atoms with Crippen LogP contribution in [0.2, 0.25) is 0 Å². The van der Waals surface area contributed by atoms with Crippen LogP contribution in [-0.4, -0.2) is 44.7 Å². The maximum atomic E-state index is 11.7. The van der Waals surface area contributed by atoms with Crippen LogP contribution in [0.5, 0.6) is 0 Å². The number of esters is 2. The zero-order valence-electron chi connectivity index (χ0n) is 14.8. The highest BCUT2D eigenvalue weighted by atomic mass is 19.4. The Kier molecular flexibility index (Phi) is 11.1. The molecule has 0 aliphatic rings. The van der Waals surface area contributed by atoms with Crippen LogP contribution in [0.3, 0.4) is 0 Å². The van der Waals surface area contributed by atoms with Gasteiger partial charge in [-0.15, -0.1) is 13.2 Å². The van der Waals surface area contributed by atoms with Crippen LogP contribution >= 0.6 is 0 Å². The fourth-order valence-corrected chi connectivity index (χ4v) is 1.95. The normalized spacial score (nSPS) is 11.2. The van der Waals surface area contributed by atoms with E-state index in [1.807, 2.05) is 30.3 Å². The van der Waals surface area contributed by atoms with E-state index in [2.05, 4.69) is 4.74 Å². The van der Waals surface area contributed by atoms with Crippen molar-refractivity contribution in [3.63, 3.8) is 0 Å². The van der Waals surface area contributed by atoms with Crippen LogP contribution in [-0.2, 0) is 35.1 Å². The van der Waals surface area contributed by atoms with Crippen LogP contribution in [0.1, 0.15) is 31.2 Å². The molecular weight excluding hydrogens is 369 g/mol. The van der Waals surface area contributed by atoms with Crippen molar-refractivity contribution in [1.29, 1.82) is 0 Å². The third-order valence-corrected chi connectivity index (χ3v) is 3.24. The van der Waals surface area contributed by atoms with Crippen LogP contribution < -0.4 is 0 Å². The second kappa shape index (κ2) is 13.1. The summed E-state index contributed by atoms with van der Waals surface area (Å²) >= 11 is 0. The Hall–Kier alpha value is -2.13. The van der Waals surface area contributed by atoms with Gasteiger partial charge in [-0.1, -0.05) is 30.3 Å². The van der Waals surface area contributed by atoms with Crippen LogP contribution in [0.15, 0.2) is 30.3 Å². The minimum Gasteiger partial charge on any atom is -0.463 e. The molecule has 0 atom stereocenters. The number of alkyl halides is 3. The molecule has 0 aromatic heterocycles. The SMILES string of the molecule is O=C(CCCCC(=O)OCc1ccccc1)OCCOCCOC(F)(F)F. The van der Waals surface area contributed by atoms with E-state index in [-0.39, 0.29) is 45.2 Å². The minimum absolute atomic E-state index is 0.0151. The first-order valence-corrected chi connectivity index (χ1v) is 8.50. The molecule has 0 fully saturated rings. The first-order valence-electron chi connectivity index (χ1n) is 8.50. The first-order chi connectivity index (χ1) is 12.9. The van der Waals surface area contributed by atoms with Crippen molar-refractivity contribution in [2.75, 3.05) is 26.4 Å². The van der Waals surface area contributed by atoms with Gasteiger partial charge in [0.25, 0.3) is 0 Å². The lowest BCUT2D eigenvalue weighted by molar-refractivity contribution is -0.327. The quantitative estimate of drug-likeness (QED) is 0.379. The zero-order chi connectivity index (χ0) is 20.0. The number of benzene rings is 1. The molecule has 0 spiro atoms. The molecule has 0 aliphatic carbocycles. The lowest BCUT2D eigenvalue weighted by Gasteiger charge is -2.08. The molecule has 1 aromatic carbocycles. The molecule has 9 heteroatoms. The lowest BCUT2D eigenvalue weighted by Crippen LogP contribution is -2.18. The molecule has 0 unspecified atom stereocenters. The largest absolute Gasteiger partial charge is 0.522 e. The zero-order valence-corrected chi connectivity index (χ0v) is 14.8. The second-order valence-electron chi connectivity index (χ2n) is 5.48. The van der Waals surface area contributed by atoms with E-state index in [1.54, 1.807) is 0 Å². The Bertz CT molecular complexity index is 548. The van der Waals surface area contributed by atoms with Crippen molar-refractivity contribution in [1.82, 2.24) is 0 Å². The smallest absolute Gasteiger partial charge is 0.463 e. The molecule has 0 saturated carbocycles. The Labute approximate surface area is 155 Å². The molecule has 0 N–H and O–H groups in total. The van der Waals surface area contributed by atoms with Gasteiger partial charge in [0.1, 0.15) is 13.2 Å². The Morgan fingerprint density at radius 1 is 0.815 bits per heavy atom. The van der Waals surface area contributed by atoms with E-state index < -0.39 is 18.9 Å². The third kappa shape index (κ3) is 13.7. The van der Waals surface area contributed by atoms with Crippen LogP contribution in [0.4, 0.5) is 13.2 Å². The van der Waals surface area contributed by atoms with E-state index in [9.17, 15) is 22.8 Å². The molecule has 0 amide bonds. The van der Waals surface area contributed by atoms with Crippen molar-refractivity contribution in [2.45, 2.75) is 38.7 Å². The summed E-state index contributed by atoms with van der Waals surface area (Å²) in [6, 6.07) is 9.30. The van der Waals surface area contributed by atoms with E-state index in [1.165, 1.54) is 0 Å². The summed E-state index contributed by atoms with van der Waals surface area (Å²) < 4.78 is 53.4. The number of hydrogen-bond donors (Lipinski definition) is 0. The highest BCUT2D eigenvalue weighted by Crippen LogP contribution is 2.15. The van der Waals surface area contributed by atoms with E-state index in [0.717, 1.165) is 5.56 Å². The number of carbonyl (C=O) groups is 2. The summed E-state index contributed by atoms with van der Waals surface area (Å²) in [7, 11) is 0. The van der Waals surface area contributed by atoms with Crippen molar-refractivity contribution in [3.8, 4) is 0 Å². The number of halogens is 3. The molecule has 1 aromatic rings. The average Bonchev–Trinajstić information content (AvgIpc) is 2.62. The summed E-state index contributed by atoms with van der Waals surface area (Å²) in [5.41, 5.74) is 0.904. The predicted molar refractivity (Wildman–Crippen MR) is 88.5 cm³/mol. The highest BCUT2D eigenvalue weighted by Gasteiger charge is 2.28. The van der Waals surface area contributed by atoms with Gasteiger partial charge in [0.2, 0.25) is 0 Å². The summed E-state index contributed by atoms with van der Waals surface area (Å²) in [4.78, 5) is 23.0. The molecule has 27 heavy (non-hydrogen) atoms. The Morgan fingerprint density at radius 2 is 1.41 bits per heavy atom. The molecule has 0 radical (unpaired) electrons. The molecule has 1 rings (SSSR count). The first kappa shape index (κ1) is 22.9. The molecule has 0 bridgehead atoms. The number of rotatable bonds is 13. The third-order valence-electron chi connectivity index (χ3n) is 3.24. The molecule has 152 valence electrons. The summed E-state index contributed by atoms with van der Waals surface area (Å²) in [5, 5.41) is 0. The van der Waals surface area contributed by atoms with Gasteiger partial charge in [0, 0.05) is 12.8 Å². The molecule has 0 heterocycles. The van der Waals surface area contributed by atoms with Gasteiger partial charge < -0.3 is 14.2 Å². The predicted octanol–water partition coefficient (Wildman–Crippen LogP) is 3.39. The molecule has 6 nitrogen and oxygen atoms in total. The maximum absolute atomic E-state index is 11.7. The van der Waals surface area contributed by atoms with Gasteiger partial charge in [-0.05, 0) is 18.4 Å². The second-order valence-corrected chi connectivity index (χ2v) is 5.48. The van der Waals surface area contributed by atoms with Crippen molar-refractivity contribution in [3.05, 3.63) is 35.9 Å². The average molecular weight is 392 g/mol. The van der Waals surface area contributed by atoms with Crippen molar-refractivity contribution in [2.24, 2.45) is 0 Å². The molecular formula is C18H23F3O6. The minimum atomic E-state index is -4.68.